The summed E-state index contributed by atoms with van der Waals surface area (Å²) in [6.45, 7) is 0. The average molecular weight is 582 g/mol. The molecule has 1 heterocycles. The van der Waals surface area contributed by atoms with Gasteiger partial charge in [-0.3, -0.25) is 0 Å². The first-order valence-corrected chi connectivity index (χ1v) is 14.7. The Kier molecular flexibility index (Phi) is 4.15. The molecule has 0 atom stereocenters. The summed E-state index contributed by atoms with van der Waals surface area (Å²) >= 11 is 0. The van der Waals surface area contributed by atoms with Crippen molar-refractivity contribution < 1.29 is 16.8 Å². The Morgan fingerprint density at radius 2 is 0.867 bits per heavy atom. The molecule has 0 amide bonds. The van der Waals surface area contributed by atoms with E-state index < -0.39 is 18.1 Å². The zero-order valence-corrected chi connectivity index (χ0v) is 23.9. The minimum absolute atomic E-state index is 0.102. The predicted molar refractivity (Wildman–Crippen MR) is 190 cm³/mol. The van der Waals surface area contributed by atoms with Crippen LogP contribution in [0.25, 0.3) is 88.0 Å². The maximum atomic E-state index is 9.26. The monoisotopic (exact) mass is 581 g/mol. The van der Waals surface area contributed by atoms with E-state index in [0.29, 0.717) is 39.0 Å². The van der Waals surface area contributed by atoms with Gasteiger partial charge < -0.3 is 4.42 Å². The Morgan fingerprint density at radius 3 is 1.51 bits per heavy atom. The zero-order valence-electron chi connectivity index (χ0n) is 32.9. The van der Waals surface area contributed by atoms with Crippen molar-refractivity contribution in [3.63, 3.8) is 0 Å². The van der Waals surface area contributed by atoms with Crippen molar-refractivity contribution in [1.82, 2.24) is 0 Å². The van der Waals surface area contributed by atoms with E-state index in [1.165, 1.54) is 0 Å². The SMILES string of the molecule is [2H]c1c([2H])c([2H])c(-c2ccc3oc4ccc(-c5c6ccccc6c(-c6c([2H])c([2H])c([2H])c([2H])c6-c6ccccc6)c6ccccc56)cc4c3c2)c([2H])c1[2H]. The number of benzene rings is 8. The van der Waals surface area contributed by atoms with E-state index in [4.69, 9.17) is 15.4 Å². The predicted octanol–water partition coefficient (Wildman–Crippen LogP) is 12.6. The first-order chi connectivity index (χ1) is 26.1. The zero-order chi connectivity index (χ0) is 37.6. The maximum Gasteiger partial charge on any atom is 0.135 e. The van der Waals surface area contributed by atoms with Crippen molar-refractivity contribution in [2.24, 2.45) is 0 Å². The summed E-state index contributed by atoms with van der Waals surface area (Å²) in [7, 11) is 0. The van der Waals surface area contributed by atoms with Crippen LogP contribution in [-0.2, 0) is 0 Å². The highest BCUT2D eigenvalue weighted by molar-refractivity contribution is 6.23. The van der Waals surface area contributed by atoms with E-state index >= 15 is 0 Å². The molecule has 0 saturated carbocycles. The molecule has 0 spiro atoms. The normalized spacial score (nSPS) is 14.4. The summed E-state index contributed by atoms with van der Waals surface area (Å²) < 4.78 is 83.4. The molecule has 9 aromatic rings. The molecule has 0 unspecified atom stereocenters. The van der Waals surface area contributed by atoms with Gasteiger partial charge in [0.05, 0.1) is 12.3 Å². The summed E-state index contributed by atoms with van der Waals surface area (Å²) in [6.07, 6.45) is 0. The van der Waals surface area contributed by atoms with Crippen LogP contribution in [0.4, 0.5) is 0 Å². The number of furan rings is 1. The summed E-state index contributed by atoms with van der Waals surface area (Å²) in [5.41, 5.74) is 5.92. The minimum Gasteiger partial charge on any atom is -0.456 e. The lowest BCUT2D eigenvalue weighted by atomic mass is 9.83. The Balaban J connectivity index is 1.34. The number of rotatable bonds is 4. The van der Waals surface area contributed by atoms with Gasteiger partial charge in [-0.1, -0.05) is 145 Å². The van der Waals surface area contributed by atoms with E-state index in [1.54, 1.807) is 12.1 Å². The van der Waals surface area contributed by atoms with Crippen LogP contribution < -0.4 is 0 Å². The van der Waals surface area contributed by atoms with Gasteiger partial charge in [-0.15, -0.1) is 0 Å². The molecular weight excluding hydrogens is 544 g/mol. The van der Waals surface area contributed by atoms with Gasteiger partial charge in [0.25, 0.3) is 0 Å². The van der Waals surface area contributed by atoms with Gasteiger partial charge in [-0.25, -0.2) is 0 Å². The lowest BCUT2D eigenvalue weighted by Crippen LogP contribution is -1.92. The molecule has 0 bridgehead atoms. The van der Waals surface area contributed by atoms with Crippen LogP contribution in [-0.4, -0.2) is 0 Å². The molecule has 1 heteroatoms. The number of hydrogen-bond acceptors (Lipinski definition) is 1. The standard InChI is InChI=1S/C44H28O/c1-3-13-29(14-4-1)31-23-25-41-39(27-31)40-28-32(24-26-42(40)45-41)43-35-19-9-11-21-37(35)44(38-22-12-10-20-36(38)43)34-18-8-7-17-33(34)30-15-5-2-6-16-30/h1-28H/i1D,3D,4D,7D,8D,13D,14D,17D,18D. The largest absolute Gasteiger partial charge is 0.456 e. The van der Waals surface area contributed by atoms with Gasteiger partial charge in [-0.05, 0) is 90.3 Å². The molecule has 0 aliphatic carbocycles. The van der Waals surface area contributed by atoms with Crippen LogP contribution in [0.5, 0.6) is 0 Å². The van der Waals surface area contributed by atoms with Crippen LogP contribution in [0.1, 0.15) is 12.3 Å². The fourth-order valence-electron chi connectivity index (χ4n) is 6.51. The molecule has 1 aromatic heterocycles. The Labute approximate surface area is 274 Å². The van der Waals surface area contributed by atoms with Gasteiger partial charge in [-0.2, -0.15) is 0 Å². The second kappa shape index (κ2) is 10.4. The van der Waals surface area contributed by atoms with Crippen molar-refractivity contribution in [1.29, 1.82) is 0 Å². The van der Waals surface area contributed by atoms with Crippen molar-refractivity contribution in [3.8, 4) is 44.5 Å². The molecule has 0 fully saturated rings. The lowest BCUT2D eigenvalue weighted by molar-refractivity contribution is 0.669. The fourth-order valence-corrected chi connectivity index (χ4v) is 6.51. The third kappa shape index (κ3) is 4.17. The molecule has 8 aromatic carbocycles. The highest BCUT2D eigenvalue weighted by atomic mass is 16.3. The third-order valence-electron chi connectivity index (χ3n) is 8.48. The first kappa shape index (κ1) is 18.0. The van der Waals surface area contributed by atoms with Crippen molar-refractivity contribution in [3.05, 3.63) is 170 Å². The quantitative estimate of drug-likeness (QED) is 0.188. The molecule has 9 rings (SSSR count). The fraction of sp³-hybridized carbons (Fsp3) is 0. The van der Waals surface area contributed by atoms with E-state index in [1.807, 2.05) is 103 Å². The topological polar surface area (TPSA) is 13.1 Å². The smallest absolute Gasteiger partial charge is 0.135 e. The molecule has 0 saturated heterocycles. The van der Waals surface area contributed by atoms with E-state index in [-0.39, 0.29) is 41.8 Å². The molecule has 0 radical (unpaired) electrons. The average Bonchev–Trinajstić information content (AvgIpc) is 3.56. The van der Waals surface area contributed by atoms with Gasteiger partial charge in [0, 0.05) is 10.8 Å². The first-order valence-electron chi connectivity index (χ1n) is 19.2. The summed E-state index contributed by atoms with van der Waals surface area (Å²) in [5, 5.41) is 4.96. The van der Waals surface area contributed by atoms with Crippen molar-refractivity contribution >= 4 is 43.5 Å². The summed E-state index contributed by atoms with van der Waals surface area (Å²) in [6, 6.07) is 33.8. The van der Waals surface area contributed by atoms with Crippen LogP contribution in [0.15, 0.2) is 174 Å². The summed E-state index contributed by atoms with van der Waals surface area (Å²) in [5.74, 6) is 0. The van der Waals surface area contributed by atoms with Crippen molar-refractivity contribution in [2.45, 2.75) is 0 Å². The highest BCUT2D eigenvalue weighted by Crippen LogP contribution is 2.46. The Morgan fingerprint density at radius 1 is 0.356 bits per heavy atom. The van der Waals surface area contributed by atoms with Crippen LogP contribution in [0.2, 0.25) is 0 Å². The maximum absolute atomic E-state index is 9.26. The minimum atomic E-state index is -0.442. The molecule has 0 N–H and O–H groups in total. The Bertz CT molecular complexity index is 2960. The van der Waals surface area contributed by atoms with Crippen molar-refractivity contribution in [2.75, 3.05) is 0 Å². The molecule has 0 aliphatic heterocycles. The highest BCUT2D eigenvalue weighted by Gasteiger charge is 2.19. The van der Waals surface area contributed by atoms with E-state index in [2.05, 4.69) is 0 Å². The van der Waals surface area contributed by atoms with Crippen LogP contribution in [0.3, 0.4) is 0 Å². The Hall–Kier alpha value is -5.92. The molecule has 45 heavy (non-hydrogen) atoms. The molecule has 0 aliphatic rings. The van der Waals surface area contributed by atoms with Gasteiger partial charge in [0.1, 0.15) is 11.2 Å². The van der Waals surface area contributed by atoms with E-state index in [0.717, 1.165) is 43.4 Å². The number of hydrogen-bond donors (Lipinski definition) is 0. The lowest BCUT2D eigenvalue weighted by Gasteiger charge is -2.19. The summed E-state index contributed by atoms with van der Waals surface area (Å²) in [4.78, 5) is 0. The molecule has 1 nitrogen and oxygen atoms in total. The van der Waals surface area contributed by atoms with E-state index in [9.17, 15) is 1.37 Å². The molecular formula is C44H28O. The second-order valence-corrected chi connectivity index (χ2v) is 11.0. The van der Waals surface area contributed by atoms with Crippen LogP contribution in [0, 0.1) is 0 Å². The second-order valence-electron chi connectivity index (χ2n) is 11.0. The molecule has 210 valence electrons. The van der Waals surface area contributed by atoms with Gasteiger partial charge >= 0.3 is 0 Å². The van der Waals surface area contributed by atoms with Crippen LogP contribution >= 0.6 is 0 Å². The third-order valence-corrected chi connectivity index (χ3v) is 8.48. The number of fused-ring (bicyclic) bond motifs is 5. The van der Waals surface area contributed by atoms with Gasteiger partial charge in [0.2, 0.25) is 0 Å². The van der Waals surface area contributed by atoms with Gasteiger partial charge in [0.15, 0.2) is 0 Å².